The molecule has 0 aromatic heterocycles. The second kappa shape index (κ2) is 9.49. The van der Waals surface area contributed by atoms with E-state index >= 15 is 0 Å². The average Bonchev–Trinajstić information content (AvgIpc) is 2.58. The number of allylic oxidation sites excluding steroid dienone is 5. The molecule has 0 saturated carbocycles. The molecule has 1 fully saturated rings. The summed E-state index contributed by atoms with van der Waals surface area (Å²) in [5, 5.41) is 0. The van der Waals surface area contributed by atoms with Gasteiger partial charge >= 0.3 is 0 Å². The van der Waals surface area contributed by atoms with Crippen molar-refractivity contribution < 1.29 is 21.9 Å². The van der Waals surface area contributed by atoms with Crippen LogP contribution in [0.1, 0.15) is 5.56 Å². The first kappa shape index (κ1) is 17.7. The molecular formula is C19H22ClNO2. The minimum Gasteiger partial charge on any atom is -1.00 e. The maximum Gasteiger partial charge on any atom is 0.233 e. The van der Waals surface area contributed by atoms with Crippen LogP contribution in [0.25, 0.3) is 0 Å². The van der Waals surface area contributed by atoms with E-state index in [2.05, 4.69) is 41.3 Å². The van der Waals surface area contributed by atoms with Crippen molar-refractivity contribution in [2.45, 2.75) is 6.42 Å². The van der Waals surface area contributed by atoms with E-state index in [9.17, 15) is 0 Å². The molecule has 0 spiro atoms. The first-order chi connectivity index (χ1) is 10.9. The SMILES string of the molecule is [C+]1=C(Cc2ccccc2)C=CC(OCCN2CCOCC2)=C1.[Cl-]. The Hall–Kier alpha value is -1.64. The van der Waals surface area contributed by atoms with Crippen molar-refractivity contribution in [1.29, 1.82) is 0 Å². The predicted molar refractivity (Wildman–Crippen MR) is 87.3 cm³/mol. The van der Waals surface area contributed by atoms with E-state index in [1.54, 1.807) is 0 Å². The van der Waals surface area contributed by atoms with Gasteiger partial charge in [-0.25, -0.2) is 0 Å². The van der Waals surface area contributed by atoms with Gasteiger partial charge in [-0.05, 0) is 5.56 Å². The van der Waals surface area contributed by atoms with Crippen LogP contribution < -0.4 is 12.4 Å². The summed E-state index contributed by atoms with van der Waals surface area (Å²) >= 11 is 0. The van der Waals surface area contributed by atoms with Gasteiger partial charge in [-0.1, -0.05) is 30.3 Å². The third-order valence-corrected chi connectivity index (χ3v) is 3.87. The van der Waals surface area contributed by atoms with Gasteiger partial charge in [-0.2, -0.15) is 0 Å². The molecule has 1 aliphatic carbocycles. The molecule has 3 nitrogen and oxygen atoms in total. The fourth-order valence-corrected chi connectivity index (χ4v) is 2.58. The molecule has 0 radical (unpaired) electrons. The van der Waals surface area contributed by atoms with Crippen molar-refractivity contribution in [3.8, 4) is 0 Å². The van der Waals surface area contributed by atoms with Crippen molar-refractivity contribution in [3.05, 3.63) is 71.5 Å². The van der Waals surface area contributed by atoms with Gasteiger partial charge < -0.3 is 21.9 Å². The molecule has 2 aliphatic rings. The lowest BCUT2D eigenvalue weighted by Gasteiger charge is -2.25. The normalized spacial score (nSPS) is 17.6. The fourth-order valence-electron chi connectivity index (χ4n) is 2.58. The smallest absolute Gasteiger partial charge is 0.233 e. The number of rotatable bonds is 6. The first-order valence-corrected chi connectivity index (χ1v) is 7.87. The minimum atomic E-state index is 0. The van der Waals surface area contributed by atoms with Crippen molar-refractivity contribution in [3.63, 3.8) is 0 Å². The van der Waals surface area contributed by atoms with E-state index in [0.29, 0.717) is 6.61 Å². The monoisotopic (exact) mass is 331 g/mol. The minimum absolute atomic E-state index is 0. The zero-order valence-electron chi connectivity index (χ0n) is 13.2. The molecule has 4 heteroatoms. The number of morpholine rings is 1. The van der Waals surface area contributed by atoms with Crippen LogP contribution in [0.5, 0.6) is 0 Å². The molecule has 23 heavy (non-hydrogen) atoms. The lowest BCUT2D eigenvalue weighted by Crippen LogP contribution is -3.00. The Labute approximate surface area is 144 Å². The van der Waals surface area contributed by atoms with Crippen LogP contribution in [0.2, 0.25) is 0 Å². The van der Waals surface area contributed by atoms with Gasteiger partial charge in [0, 0.05) is 32.1 Å². The third kappa shape index (κ3) is 5.81. The van der Waals surface area contributed by atoms with Gasteiger partial charge in [0.15, 0.2) is 0 Å². The molecule has 0 N–H and O–H groups in total. The molecule has 1 saturated heterocycles. The second-order valence-corrected chi connectivity index (χ2v) is 5.51. The molecule has 122 valence electrons. The molecule has 1 heterocycles. The molecule has 0 unspecified atom stereocenters. The van der Waals surface area contributed by atoms with Crippen LogP contribution in [0.15, 0.2) is 59.9 Å². The van der Waals surface area contributed by atoms with Gasteiger partial charge in [0.25, 0.3) is 0 Å². The predicted octanol–water partition coefficient (Wildman–Crippen LogP) is -0.235. The van der Waals surface area contributed by atoms with E-state index < -0.39 is 0 Å². The number of halogens is 1. The highest BCUT2D eigenvalue weighted by Gasteiger charge is 2.13. The second-order valence-electron chi connectivity index (χ2n) is 5.51. The van der Waals surface area contributed by atoms with E-state index in [0.717, 1.165) is 45.0 Å². The summed E-state index contributed by atoms with van der Waals surface area (Å²) in [4.78, 5) is 2.37. The molecule has 0 atom stereocenters. The summed E-state index contributed by atoms with van der Waals surface area (Å²) in [6.07, 6.45) is 10.3. The van der Waals surface area contributed by atoms with E-state index in [4.69, 9.17) is 9.47 Å². The third-order valence-electron chi connectivity index (χ3n) is 3.87. The van der Waals surface area contributed by atoms with Crippen LogP contribution in [-0.2, 0) is 15.9 Å². The molecular weight excluding hydrogens is 310 g/mol. The Bertz CT molecular complexity index is 560. The van der Waals surface area contributed by atoms with Crippen LogP contribution in [0.3, 0.4) is 0 Å². The first-order valence-electron chi connectivity index (χ1n) is 7.87. The van der Waals surface area contributed by atoms with Gasteiger partial charge in [0.05, 0.1) is 25.4 Å². The van der Waals surface area contributed by atoms with E-state index in [1.807, 2.05) is 18.2 Å². The van der Waals surface area contributed by atoms with Crippen molar-refractivity contribution >= 4 is 0 Å². The summed E-state index contributed by atoms with van der Waals surface area (Å²) < 4.78 is 11.1. The number of nitrogens with zero attached hydrogens (tertiary/aromatic N) is 1. The van der Waals surface area contributed by atoms with Crippen molar-refractivity contribution in [2.24, 2.45) is 0 Å². The number of hydrogen-bond acceptors (Lipinski definition) is 3. The van der Waals surface area contributed by atoms with Gasteiger partial charge in [-0.15, -0.1) is 0 Å². The number of hydrogen-bond donors (Lipinski definition) is 0. The number of benzene rings is 1. The fraction of sp³-hybridized carbons (Fsp3) is 0.368. The van der Waals surface area contributed by atoms with Crippen LogP contribution in [0.4, 0.5) is 0 Å². The highest BCUT2D eigenvalue weighted by molar-refractivity contribution is 5.36. The highest BCUT2D eigenvalue weighted by Crippen LogP contribution is 2.15. The Kier molecular flexibility index (Phi) is 7.31. The number of ether oxygens (including phenoxy) is 2. The van der Waals surface area contributed by atoms with Crippen LogP contribution >= 0.6 is 0 Å². The largest absolute Gasteiger partial charge is 1.00 e. The highest BCUT2D eigenvalue weighted by atomic mass is 35.5. The molecule has 1 aromatic carbocycles. The maximum absolute atomic E-state index is 5.80. The summed E-state index contributed by atoms with van der Waals surface area (Å²) in [6, 6.07) is 10.5. The Balaban J connectivity index is 0.00000192. The standard InChI is InChI=1S/C19H22NO2.ClH/c1-2-4-17(5-3-1)16-18-6-8-19(9-7-18)22-15-12-20-10-13-21-14-11-20;/h1-6,8-9H,10-16H2;1H/q+1;/p-1. The van der Waals surface area contributed by atoms with Crippen molar-refractivity contribution in [1.82, 2.24) is 4.90 Å². The van der Waals surface area contributed by atoms with Gasteiger partial charge in [0.1, 0.15) is 18.3 Å². The summed E-state index contributed by atoms with van der Waals surface area (Å²) in [5.41, 5.74) is 2.49. The molecule has 3 rings (SSSR count). The summed E-state index contributed by atoms with van der Waals surface area (Å²) in [7, 11) is 0. The topological polar surface area (TPSA) is 21.7 Å². The van der Waals surface area contributed by atoms with Gasteiger partial charge in [-0.3, -0.25) is 4.90 Å². The zero-order chi connectivity index (χ0) is 15.0. The van der Waals surface area contributed by atoms with Crippen LogP contribution in [-0.4, -0.2) is 44.4 Å². The lowest BCUT2D eigenvalue weighted by atomic mass is 10.0. The van der Waals surface area contributed by atoms with E-state index in [1.165, 1.54) is 11.1 Å². The Morgan fingerprint density at radius 3 is 2.57 bits per heavy atom. The van der Waals surface area contributed by atoms with E-state index in [-0.39, 0.29) is 12.4 Å². The van der Waals surface area contributed by atoms with Crippen molar-refractivity contribution in [2.75, 3.05) is 39.5 Å². The zero-order valence-corrected chi connectivity index (χ0v) is 14.0. The molecule has 1 aliphatic heterocycles. The molecule has 1 aromatic rings. The lowest BCUT2D eigenvalue weighted by molar-refractivity contribution is -0.00000834. The summed E-state index contributed by atoms with van der Waals surface area (Å²) in [6.45, 7) is 5.35. The quantitative estimate of drug-likeness (QED) is 0.672. The summed E-state index contributed by atoms with van der Waals surface area (Å²) in [5.74, 6) is 0.894. The molecule has 0 amide bonds. The average molecular weight is 332 g/mol. The Morgan fingerprint density at radius 1 is 1.09 bits per heavy atom. The Morgan fingerprint density at radius 2 is 1.87 bits per heavy atom. The molecule has 0 bridgehead atoms. The van der Waals surface area contributed by atoms with Crippen LogP contribution in [0, 0.1) is 6.08 Å². The maximum atomic E-state index is 5.80. The van der Waals surface area contributed by atoms with Gasteiger partial charge in [0.2, 0.25) is 5.76 Å².